The van der Waals surface area contributed by atoms with Crippen LogP contribution < -0.4 is 5.32 Å². The SMILES string of the molecule is CNc1ccn2c(-c3cccc(F)c3)ncc2c1. The molecular formula is C14H12FN3. The first-order valence-electron chi connectivity index (χ1n) is 5.69. The van der Waals surface area contributed by atoms with Gasteiger partial charge in [0.05, 0.1) is 11.7 Å². The van der Waals surface area contributed by atoms with Crippen molar-refractivity contribution in [2.45, 2.75) is 0 Å². The van der Waals surface area contributed by atoms with Crippen molar-refractivity contribution in [1.82, 2.24) is 9.38 Å². The Labute approximate surface area is 104 Å². The van der Waals surface area contributed by atoms with E-state index in [4.69, 9.17) is 0 Å². The lowest BCUT2D eigenvalue weighted by molar-refractivity contribution is 0.628. The van der Waals surface area contributed by atoms with Gasteiger partial charge in [-0.2, -0.15) is 0 Å². The highest BCUT2D eigenvalue weighted by Gasteiger charge is 2.07. The van der Waals surface area contributed by atoms with E-state index in [1.165, 1.54) is 12.1 Å². The zero-order valence-electron chi connectivity index (χ0n) is 9.89. The van der Waals surface area contributed by atoms with Crippen LogP contribution in [0.5, 0.6) is 0 Å². The number of anilines is 1. The Bertz CT molecular complexity index is 703. The maximum Gasteiger partial charge on any atom is 0.144 e. The molecule has 18 heavy (non-hydrogen) atoms. The molecule has 0 spiro atoms. The fourth-order valence-corrected chi connectivity index (χ4v) is 2.00. The molecule has 0 atom stereocenters. The first-order chi connectivity index (χ1) is 8.78. The van der Waals surface area contributed by atoms with Gasteiger partial charge in [-0.3, -0.25) is 4.40 Å². The third-order valence-corrected chi connectivity index (χ3v) is 2.90. The van der Waals surface area contributed by atoms with E-state index in [0.29, 0.717) is 0 Å². The molecule has 0 radical (unpaired) electrons. The van der Waals surface area contributed by atoms with Gasteiger partial charge in [-0.1, -0.05) is 12.1 Å². The number of aromatic nitrogens is 2. The maximum absolute atomic E-state index is 13.2. The Morgan fingerprint density at radius 3 is 2.89 bits per heavy atom. The van der Waals surface area contributed by atoms with Crippen molar-refractivity contribution in [3.05, 3.63) is 54.6 Å². The molecule has 90 valence electrons. The lowest BCUT2D eigenvalue weighted by Crippen LogP contribution is -1.92. The molecule has 2 aromatic heterocycles. The summed E-state index contributed by atoms with van der Waals surface area (Å²) >= 11 is 0. The van der Waals surface area contributed by atoms with E-state index in [0.717, 1.165) is 22.6 Å². The van der Waals surface area contributed by atoms with Crippen molar-refractivity contribution in [2.24, 2.45) is 0 Å². The fraction of sp³-hybridized carbons (Fsp3) is 0.0714. The summed E-state index contributed by atoms with van der Waals surface area (Å²) in [5, 5.41) is 3.08. The lowest BCUT2D eigenvalue weighted by atomic mass is 10.2. The van der Waals surface area contributed by atoms with E-state index in [9.17, 15) is 4.39 Å². The Balaban J connectivity index is 2.18. The van der Waals surface area contributed by atoms with E-state index in [1.807, 2.05) is 35.8 Å². The number of hydrogen-bond donors (Lipinski definition) is 1. The molecule has 0 fully saturated rings. The molecular weight excluding hydrogens is 229 g/mol. The summed E-state index contributed by atoms with van der Waals surface area (Å²) in [5.41, 5.74) is 2.77. The van der Waals surface area contributed by atoms with Crippen LogP contribution in [0, 0.1) is 5.82 Å². The summed E-state index contributed by atoms with van der Waals surface area (Å²) in [6, 6.07) is 10.4. The second-order valence-electron chi connectivity index (χ2n) is 4.05. The van der Waals surface area contributed by atoms with E-state index >= 15 is 0 Å². The van der Waals surface area contributed by atoms with Crippen molar-refractivity contribution in [2.75, 3.05) is 12.4 Å². The monoisotopic (exact) mass is 241 g/mol. The Morgan fingerprint density at radius 1 is 1.22 bits per heavy atom. The number of imidazole rings is 1. The Hall–Kier alpha value is -2.36. The zero-order chi connectivity index (χ0) is 12.5. The highest BCUT2D eigenvalue weighted by atomic mass is 19.1. The van der Waals surface area contributed by atoms with Crippen LogP contribution >= 0.6 is 0 Å². The van der Waals surface area contributed by atoms with Crippen LogP contribution in [-0.2, 0) is 0 Å². The minimum atomic E-state index is -0.254. The molecule has 0 aliphatic rings. The normalized spacial score (nSPS) is 10.8. The average Bonchev–Trinajstić information content (AvgIpc) is 2.81. The smallest absolute Gasteiger partial charge is 0.144 e. The molecule has 2 heterocycles. The quantitative estimate of drug-likeness (QED) is 0.746. The molecule has 0 saturated heterocycles. The van der Waals surface area contributed by atoms with Crippen LogP contribution in [0.2, 0.25) is 0 Å². The molecule has 4 heteroatoms. The molecule has 3 nitrogen and oxygen atoms in total. The molecule has 0 amide bonds. The molecule has 0 aliphatic heterocycles. The first-order valence-corrected chi connectivity index (χ1v) is 5.69. The largest absolute Gasteiger partial charge is 0.388 e. The van der Waals surface area contributed by atoms with Gasteiger partial charge < -0.3 is 5.32 Å². The van der Waals surface area contributed by atoms with Gasteiger partial charge in [-0.05, 0) is 24.3 Å². The molecule has 1 N–H and O–H groups in total. The number of halogens is 1. The maximum atomic E-state index is 13.2. The predicted molar refractivity (Wildman–Crippen MR) is 70.1 cm³/mol. The van der Waals surface area contributed by atoms with Gasteiger partial charge in [-0.15, -0.1) is 0 Å². The van der Waals surface area contributed by atoms with Gasteiger partial charge >= 0.3 is 0 Å². The highest BCUT2D eigenvalue weighted by Crippen LogP contribution is 2.22. The Morgan fingerprint density at radius 2 is 2.11 bits per heavy atom. The first kappa shape index (κ1) is 10.8. The molecule has 0 unspecified atom stereocenters. The number of nitrogens with one attached hydrogen (secondary N) is 1. The lowest BCUT2D eigenvalue weighted by Gasteiger charge is -2.04. The van der Waals surface area contributed by atoms with E-state index in [1.54, 1.807) is 12.3 Å². The van der Waals surface area contributed by atoms with Crippen molar-refractivity contribution in [3.63, 3.8) is 0 Å². The topological polar surface area (TPSA) is 29.3 Å². The van der Waals surface area contributed by atoms with E-state index < -0.39 is 0 Å². The van der Waals surface area contributed by atoms with Gasteiger partial charge in [0.15, 0.2) is 0 Å². The highest BCUT2D eigenvalue weighted by molar-refractivity contribution is 5.65. The fourth-order valence-electron chi connectivity index (χ4n) is 2.00. The standard InChI is InChI=1S/C14H12FN3/c1-16-12-5-6-18-13(8-12)9-17-14(18)10-3-2-4-11(15)7-10/h2-9,16H,1H3. The van der Waals surface area contributed by atoms with Crippen LogP contribution in [0.3, 0.4) is 0 Å². The summed E-state index contributed by atoms with van der Waals surface area (Å²) < 4.78 is 15.2. The number of fused-ring (bicyclic) bond motifs is 1. The molecule has 0 aliphatic carbocycles. The predicted octanol–water partition coefficient (Wildman–Crippen LogP) is 3.18. The van der Waals surface area contributed by atoms with Gasteiger partial charge in [-0.25, -0.2) is 9.37 Å². The average molecular weight is 241 g/mol. The summed E-state index contributed by atoms with van der Waals surface area (Å²) in [4.78, 5) is 4.35. The summed E-state index contributed by atoms with van der Waals surface area (Å²) in [6.07, 6.45) is 3.70. The van der Waals surface area contributed by atoms with Crippen molar-refractivity contribution < 1.29 is 4.39 Å². The number of hydrogen-bond acceptors (Lipinski definition) is 2. The minimum absolute atomic E-state index is 0.254. The van der Waals surface area contributed by atoms with Gasteiger partial charge in [0.25, 0.3) is 0 Å². The van der Waals surface area contributed by atoms with Gasteiger partial charge in [0, 0.05) is 24.5 Å². The van der Waals surface area contributed by atoms with E-state index in [-0.39, 0.29) is 5.82 Å². The summed E-state index contributed by atoms with van der Waals surface area (Å²) in [7, 11) is 1.87. The van der Waals surface area contributed by atoms with Crippen LogP contribution in [0.4, 0.5) is 10.1 Å². The van der Waals surface area contributed by atoms with Crippen LogP contribution in [0.25, 0.3) is 16.9 Å². The third-order valence-electron chi connectivity index (χ3n) is 2.90. The minimum Gasteiger partial charge on any atom is -0.388 e. The molecule has 3 aromatic rings. The third kappa shape index (κ3) is 1.72. The summed E-state index contributed by atoms with van der Waals surface area (Å²) in [5.74, 6) is 0.489. The van der Waals surface area contributed by atoms with Crippen molar-refractivity contribution in [3.8, 4) is 11.4 Å². The van der Waals surface area contributed by atoms with Crippen molar-refractivity contribution >= 4 is 11.2 Å². The molecule has 1 aromatic carbocycles. The number of pyridine rings is 1. The second-order valence-corrected chi connectivity index (χ2v) is 4.05. The molecule has 0 bridgehead atoms. The molecule has 0 saturated carbocycles. The summed E-state index contributed by atoms with van der Waals surface area (Å²) in [6.45, 7) is 0. The Kier molecular flexibility index (Phi) is 2.48. The number of benzene rings is 1. The second kappa shape index (κ2) is 4.14. The van der Waals surface area contributed by atoms with Crippen LogP contribution in [-0.4, -0.2) is 16.4 Å². The van der Waals surface area contributed by atoms with Crippen LogP contribution in [0.1, 0.15) is 0 Å². The van der Waals surface area contributed by atoms with Crippen molar-refractivity contribution in [1.29, 1.82) is 0 Å². The molecule has 3 rings (SSSR count). The zero-order valence-corrected chi connectivity index (χ0v) is 9.89. The van der Waals surface area contributed by atoms with Gasteiger partial charge in [0.1, 0.15) is 11.6 Å². The van der Waals surface area contributed by atoms with E-state index in [2.05, 4.69) is 10.3 Å². The van der Waals surface area contributed by atoms with Gasteiger partial charge in [0.2, 0.25) is 0 Å². The number of rotatable bonds is 2. The van der Waals surface area contributed by atoms with Crippen LogP contribution in [0.15, 0.2) is 48.8 Å². The number of nitrogens with zero attached hydrogens (tertiary/aromatic N) is 2.